The van der Waals surface area contributed by atoms with E-state index in [-0.39, 0.29) is 6.10 Å². The average Bonchev–Trinajstić information content (AvgIpc) is 2.41. The van der Waals surface area contributed by atoms with Gasteiger partial charge in [0.25, 0.3) is 0 Å². The summed E-state index contributed by atoms with van der Waals surface area (Å²) in [5.41, 5.74) is 2.43. The maximum Gasteiger partial charge on any atom is 0.0587 e. The van der Waals surface area contributed by atoms with Gasteiger partial charge >= 0.3 is 0 Å². The molecule has 4 nitrogen and oxygen atoms in total. The minimum Gasteiger partial charge on any atom is -0.393 e. The molecule has 114 valence electrons. The molecule has 0 fully saturated rings. The van der Waals surface area contributed by atoms with Gasteiger partial charge in [-0.3, -0.25) is 0 Å². The third kappa shape index (κ3) is 6.22. The number of benzene rings is 1. The molecular weight excluding hydrogens is 320 g/mol. The van der Waals surface area contributed by atoms with Gasteiger partial charge in [-0.2, -0.15) is 0 Å². The van der Waals surface area contributed by atoms with Crippen LogP contribution in [0.25, 0.3) is 0 Å². The van der Waals surface area contributed by atoms with E-state index in [1.165, 1.54) is 11.3 Å². The molecule has 0 saturated heterocycles. The molecule has 20 heavy (non-hydrogen) atoms. The van der Waals surface area contributed by atoms with Gasteiger partial charge in [-0.1, -0.05) is 15.9 Å². The zero-order valence-electron chi connectivity index (χ0n) is 12.5. The Balaban J connectivity index is 2.68. The lowest BCUT2D eigenvalue weighted by Crippen LogP contribution is -2.25. The molecule has 2 N–H and O–H groups in total. The molecule has 0 spiro atoms. The van der Waals surface area contributed by atoms with Crippen molar-refractivity contribution in [3.8, 4) is 0 Å². The Morgan fingerprint density at radius 2 is 2.20 bits per heavy atom. The Morgan fingerprint density at radius 1 is 1.45 bits per heavy atom. The number of anilines is 1. The summed E-state index contributed by atoms with van der Waals surface area (Å²) in [6.07, 6.45) is 0.500. The number of aliphatic hydroxyl groups excluding tert-OH is 1. The molecule has 1 unspecified atom stereocenters. The van der Waals surface area contributed by atoms with Gasteiger partial charge in [0.15, 0.2) is 0 Å². The van der Waals surface area contributed by atoms with Crippen molar-refractivity contribution in [1.29, 1.82) is 0 Å². The van der Waals surface area contributed by atoms with Crippen LogP contribution in [0.3, 0.4) is 0 Å². The van der Waals surface area contributed by atoms with Crippen LogP contribution in [0, 0.1) is 0 Å². The topological polar surface area (TPSA) is 44.7 Å². The number of nitrogens with zero attached hydrogens (tertiary/aromatic N) is 1. The van der Waals surface area contributed by atoms with E-state index in [4.69, 9.17) is 4.74 Å². The van der Waals surface area contributed by atoms with Crippen LogP contribution in [0.1, 0.15) is 18.9 Å². The number of methoxy groups -OCH3 is 1. The number of hydrogen-bond donors (Lipinski definition) is 2. The molecule has 0 aliphatic carbocycles. The number of halogens is 1. The summed E-state index contributed by atoms with van der Waals surface area (Å²) < 4.78 is 6.11. The van der Waals surface area contributed by atoms with Gasteiger partial charge in [0.05, 0.1) is 12.7 Å². The van der Waals surface area contributed by atoms with E-state index in [1.807, 2.05) is 13.0 Å². The van der Waals surface area contributed by atoms with Crippen molar-refractivity contribution >= 4 is 21.6 Å². The van der Waals surface area contributed by atoms with Gasteiger partial charge in [-0.15, -0.1) is 0 Å². The average molecular weight is 345 g/mol. The highest BCUT2D eigenvalue weighted by Crippen LogP contribution is 2.24. The second-order valence-electron chi connectivity index (χ2n) is 5.00. The lowest BCUT2D eigenvalue weighted by molar-refractivity contribution is 0.187. The Bertz CT molecular complexity index is 399. The highest BCUT2D eigenvalue weighted by molar-refractivity contribution is 9.10. The van der Waals surface area contributed by atoms with Crippen LogP contribution in [0.5, 0.6) is 0 Å². The van der Waals surface area contributed by atoms with E-state index >= 15 is 0 Å². The Labute approximate surface area is 130 Å². The quantitative estimate of drug-likeness (QED) is 0.675. The predicted molar refractivity (Wildman–Crippen MR) is 87.3 cm³/mol. The predicted octanol–water partition coefficient (Wildman–Crippen LogP) is 2.39. The summed E-state index contributed by atoms with van der Waals surface area (Å²) >= 11 is 3.52. The zero-order valence-corrected chi connectivity index (χ0v) is 14.1. The van der Waals surface area contributed by atoms with Gasteiger partial charge in [-0.25, -0.2) is 0 Å². The van der Waals surface area contributed by atoms with E-state index in [9.17, 15) is 5.11 Å². The van der Waals surface area contributed by atoms with Crippen LogP contribution in [-0.2, 0) is 11.3 Å². The van der Waals surface area contributed by atoms with Crippen LogP contribution in [0.4, 0.5) is 5.69 Å². The summed E-state index contributed by atoms with van der Waals surface area (Å²) in [7, 11) is 3.76. The van der Waals surface area contributed by atoms with Crippen LogP contribution in [0.15, 0.2) is 22.7 Å². The van der Waals surface area contributed by atoms with Crippen LogP contribution >= 0.6 is 15.9 Å². The maximum atomic E-state index is 9.40. The summed E-state index contributed by atoms with van der Waals surface area (Å²) in [6, 6.07) is 6.29. The minimum absolute atomic E-state index is 0.267. The smallest absolute Gasteiger partial charge is 0.0587 e. The van der Waals surface area contributed by atoms with Gasteiger partial charge in [0, 0.05) is 44.0 Å². The normalized spacial score (nSPS) is 12.4. The molecule has 0 aliphatic heterocycles. The Kier molecular flexibility index (Phi) is 8.14. The van der Waals surface area contributed by atoms with Crippen molar-refractivity contribution < 1.29 is 9.84 Å². The molecule has 0 amide bonds. The lowest BCUT2D eigenvalue weighted by Gasteiger charge is -2.23. The molecule has 1 aromatic carbocycles. The van der Waals surface area contributed by atoms with Crippen molar-refractivity contribution in [2.75, 3.05) is 38.8 Å². The van der Waals surface area contributed by atoms with Crippen molar-refractivity contribution in [2.24, 2.45) is 0 Å². The molecule has 0 heterocycles. The molecular formula is C15H25BrN2O2. The number of ether oxygens (including phenoxy) is 1. The number of rotatable bonds is 9. The van der Waals surface area contributed by atoms with Gasteiger partial charge in [0.1, 0.15) is 0 Å². The first-order chi connectivity index (χ1) is 9.54. The van der Waals surface area contributed by atoms with E-state index < -0.39 is 0 Å². The van der Waals surface area contributed by atoms with Crippen molar-refractivity contribution in [1.82, 2.24) is 5.32 Å². The molecule has 0 saturated carbocycles. The zero-order chi connectivity index (χ0) is 15.0. The number of nitrogens with one attached hydrogen (secondary N) is 1. The fourth-order valence-corrected chi connectivity index (χ4v) is 2.37. The second kappa shape index (κ2) is 9.34. The largest absolute Gasteiger partial charge is 0.393 e. The maximum absolute atomic E-state index is 9.40. The van der Waals surface area contributed by atoms with E-state index in [0.717, 1.165) is 30.5 Å². The summed E-state index contributed by atoms with van der Waals surface area (Å²) in [4.78, 5) is 2.19. The molecule has 1 rings (SSSR count). The molecule has 1 aromatic rings. The molecule has 0 bridgehead atoms. The minimum atomic E-state index is -0.267. The summed E-state index contributed by atoms with van der Waals surface area (Å²) in [5.74, 6) is 0. The SMILES string of the molecule is COCCNCc1cc(Br)ccc1N(C)CCC(C)O. The van der Waals surface area contributed by atoms with Gasteiger partial charge in [0.2, 0.25) is 0 Å². The van der Waals surface area contributed by atoms with Crippen molar-refractivity contribution in [3.63, 3.8) is 0 Å². The Morgan fingerprint density at radius 3 is 2.85 bits per heavy atom. The fraction of sp³-hybridized carbons (Fsp3) is 0.600. The highest BCUT2D eigenvalue weighted by atomic mass is 79.9. The van der Waals surface area contributed by atoms with Crippen LogP contribution in [0.2, 0.25) is 0 Å². The molecule has 5 heteroatoms. The third-order valence-electron chi connectivity index (χ3n) is 3.13. The van der Waals surface area contributed by atoms with E-state index in [1.54, 1.807) is 7.11 Å². The first-order valence-electron chi connectivity index (χ1n) is 6.92. The number of hydrogen-bond acceptors (Lipinski definition) is 4. The molecule has 0 radical (unpaired) electrons. The first kappa shape index (κ1) is 17.4. The monoisotopic (exact) mass is 344 g/mol. The van der Waals surface area contributed by atoms with E-state index in [2.05, 4.69) is 45.3 Å². The second-order valence-corrected chi connectivity index (χ2v) is 5.92. The highest BCUT2D eigenvalue weighted by Gasteiger charge is 2.09. The standard InChI is InChI=1S/C15H25BrN2O2/c1-12(19)6-8-18(2)15-5-4-14(16)10-13(15)11-17-7-9-20-3/h4-5,10,12,17,19H,6-9,11H2,1-3H3. The van der Waals surface area contributed by atoms with E-state index in [0.29, 0.717) is 6.61 Å². The van der Waals surface area contributed by atoms with Gasteiger partial charge < -0.3 is 20.1 Å². The molecule has 0 aliphatic rings. The van der Waals surface area contributed by atoms with Crippen molar-refractivity contribution in [3.05, 3.63) is 28.2 Å². The lowest BCUT2D eigenvalue weighted by atomic mass is 10.1. The van der Waals surface area contributed by atoms with Crippen molar-refractivity contribution in [2.45, 2.75) is 26.0 Å². The molecule has 1 atom stereocenters. The van der Waals surface area contributed by atoms with Crippen LogP contribution < -0.4 is 10.2 Å². The fourth-order valence-electron chi connectivity index (χ4n) is 1.97. The van der Waals surface area contributed by atoms with Crippen LogP contribution in [-0.4, -0.2) is 45.1 Å². The summed E-state index contributed by atoms with van der Waals surface area (Å²) in [6.45, 7) is 5.01. The molecule has 0 aromatic heterocycles. The number of aliphatic hydroxyl groups is 1. The first-order valence-corrected chi connectivity index (χ1v) is 7.71. The summed E-state index contributed by atoms with van der Waals surface area (Å²) in [5, 5.41) is 12.8. The Hall–Kier alpha value is -0.620. The third-order valence-corrected chi connectivity index (χ3v) is 3.63. The van der Waals surface area contributed by atoms with Gasteiger partial charge in [-0.05, 0) is 37.1 Å².